The van der Waals surface area contributed by atoms with E-state index in [2.05, 4.69) is 131 Å². The van der Waals surface area contributed by atoms with Gasteiger partial charge in [0.15, 0.2) is 0 Å². The van der Waals surface area contributed by atoms with E-state index in [1.807, 2.05) is 0 Å². The molecule has 35 heavy (non-hydrogen) atoms. The van der Waals surface area contributed by atoms with Crippen molar-refractivity contribution in [1.82, 2.24) is 0 Å². The van der Waals surface area contributed by atoms with Crippen LogP contribution in [-0.4, -0.2) is 10.1 Å². The largest absolute Gasteiger partial charge is 1.00 e. The Morgan fingerprint density at radius 2 is 0.971 bits per heavy atom. The SMILES string of the molecule is Cc1cc(C(C)(C)C)c(C)[c-]1C.Cc1cc(C(C)(C)C)c(C)[c-]1C.[CH3][Ge](=[Hf+2])[c]1ccccc1.[Cl-].[Cl-]. The van der Waals surface area contributed by atoms with Gasteiger partial charge in [0, 0.05) is 0 Å². The van der Waals surface area contributed by atoms with Crippen LogP contribution in [0.3, 0.4) is 0 Å². The molecule has 0 saturated heterocycles. The van der Waals surface area contributed by atoms with Crippen molar-refractivity contribution in [2.75, 3.05) is 0 Å². The minimum absolute atomic E-state index is 0. The van der Waals surface area contributed by atoms with Crippen molar-refractivity contribution in [1.29, 1.82) is 0 Å². The van der Waals surface area contributed by atoms with Crippen molar-refractivity contribution in [3.8, 4) is 0 Å². The third-order valence-electron chi connectivity index (χ3n) is 6.66. The van der Waals surface area contributed by atoms with E-state index in [-0.39, 0.29) is 24.8 Å². The Labute approximate surface area is 245 Å². The van der Waals surface area contributed by atoms with Crippen LogP contribution in [0.1, 0.15) is 86.1 Å². The maximum absolute atomic E-state index is 2.43. The molecular formula is C31H46Cl2GeHf-2. The van der Waals surface area contributed by atoms with Crippen LogP contribution in [0, 0.1) is 41.5 Å². The number of hydrogen-bond donors (Lipinski definition) is 0. The molecule has 0 radical (unpaired) electrons. The molecule has 0 aromatic heterocycles. The molecule has 0 aliphatic rings. The first-order valence-corrected chi connectivity index (χ1v) is 25.6. The first kappa shape index (κ1) is 37.1. The number of benzene rings is 1. The zero-order valence-corrected chi connectivity index (χ0v) is 31.5. The summed E-state index contributed by atoms with van der Waals surface area (Å²) in [6.07, 6.45) is 0. The van der Waals surface area contributed by atoms with E-state index < -0.39 is 10.1 Å². The second-order valence-electron chi connectivity index (χ2n) is 11.5. The van der Waals surface area contributed by atoms with E-state index in [1.54, 1.807) is 4.40 Å². The van der Waals surface area contributed by atoms with Gasteiger partial charge in [0.05, 0.1) is 0 Å². The molecule has 0 aliphatic heterocycles. The van der Waals surface area contributed by atoms with Gasteiger partial charge in [-0.2, -0.15) is 44.5 Å². The van der Waals surface area contributed by atoms with Crippen molar-refractivity contribution in [3.63, 3.8) is 0 Å². The normalized spacial score (nSPS) is 10.7. The molecule has 0 saturated carbocycles. The topological polar surface area (TPSA) is 0 Å². The second-order valence-corrected chi connectivity index (χ2v) is 29.3. The predicted octanol–water partition coefficient (Wildman–Crippen LogP) is 2.33. The fourth-order valence-electron chi connectivity index (χ4n) is 4.11. The van der Waals surface area contributed by atoms with E-state index in [9.17, 15) is 0 Å². The summed E-state index contributed by atoms with van der Waals surface area (Å²) in [4.78, 5) is 0. The summed E-state index contributed by atoms with van der Waals surface area (Å²) in [5, 5.41) is 0. The van der Waals surface area contributed by atoms with Crippen LogP contribution in [0.25, 0.3) is 0 Å². The molecule has 3 aromatic carbocycles. The van der Waals surface area contributed by atoms with E-state index in [0.717, 1.165) is 0 Å². The van der Waals surface area contributed by atoms with Crippen molar-refractivity contribution in [3.05, 3.63) is 87.0 Å². The third-order valence-corrected chi connectivity index (χ3v) is 14.6. The quantitative estimate of drug-likeness (QED) is 0.266. The average molecular weight is 741 g/mol. The van der Waals surface area contributed by atoms with Crippen LogP contribution in [0.4, 0.5) is 0 Å². The van der Waals surface area contributed by atoms with E-state index in [0.29, 0.717) is 10.8 Å². The molecule has 3 aromatic rings. The van der Waals surface area contributed by atoms with Gasteiger partial charge < -0.3 is 24.8 Å². The standard InChI is InChI=1S/2C12H19.C7H8Ge.2ClH.Hf/c2*1-8-7-11(12(4,5)6)10(3)9(8)2;1-8-7-5-3-2-4-6-7;;;/h2*7H,1-6H3;2-6H,1H3;2*1H;/q2*-1;;;;+2/p-2. The van der Waals surface area contributed by atoms with Crippen molar-refractivity contribution in [2.45, 2.75) is 99.7 Å². The molecule has 0 N–H and O–H groups in total. The minimum atomic E-state index is -0.627. The van der Waals surface area contributed by atoms with Gasteiger partial charge in [-0.1, -0.05) is 93.9 Å². The summed E-state index contributed by atoms with van der Waals surface area (Å²) in [5.41, 5.74) is 12.3. The Kier molecular flexibility index (Phi) is 16.3. The molecule has 0 spiro atoms. The van der Waals surface area contributed by atoms with Crippen LogP contribution < -0.4 is 29.2 Å². The molecule has 4 heteroatoms. The molecule has 0 bridgehead atoms. The van der Waals surface area contributed by atoms with Crippen LogP contribution >= 0.6 is 0 Å². The maximum atomic E-state index is 2.43. The average Bonchev–Trinajstić information content (AvgIpc) is 3.14. The van der Waals surface area contributed by atoms with Gasteiger partial charge in [0.1, 0.15) is 0 Å². The first-order valence-electron chi connectivity index (χ1n) is 12.1. The molecule has 3 rings (SSSR count). The van der Waals surface area contributed by atoms with E-state index in [1.165, 1.54) is 65.8 Å². The van der Waals surface area contributed by atoms with E-state index >= 15 is 0 Å². The first-order chi connectivity index (χ1) is 15.0. The van der Waals surface area contributed by atoms with Crippen LogP contribution in [-0.2, 0) is 32.1 Å². The Hall–Kier alpha value is -0.0870. The summed E-state index contributed by atoms with van der Waals surface area (Å²) >= 11 is 1.42. The molecule has 0 nitrogen and oxygen atoms in total. The summed E-state index contributed by atoms with van der Waals surface area (Å²) in [7, 11) is -0.627. The minimum Gasteiger partial charge on any atom is -1.00 e. The molecule has 0 atom stereocenters. The van der Waals surface area contributed by atoms with Crippen molar-refractivity contribution < 1.29 is 46.1 Å². The Bertz CT molecular complexity index is 996. The molecule has 0 aliphatic carbocycles. The van der Waals surface area contributed by atoms with Crippen molar-refractivity contribution >= 4 is 14.5 Å². The maximum Gasteiger partial charge on any atom is -1.00 e. The third kappa shape index (κ3) is 11.0. The second kappa shape index (κ2) is 15.4. The molecule has 0 unspecified atom stereocenters. The monoisotopic (exact) mass is 742 g/mol. The van der Waals surface area contributed by atoms with Gasteiger partial charge in [-0.15, -0.1) is 0 Å². The summed E-state index contributed by atoms with van der Waals surface area (Å²) in [6.45, 7) is 26.9. The number of halogens is 2. The van der Waals surface area contributed by atoms with Gasteiger partial charge in [0.2, 0.25) is 0 Å². The van der Waals surface area contributed by atoms with Gasteiger partial charge >= 0.3 is 71.8 Å². The Morgan fingerprint density at radius 1 is 0.657 bits per heavy atom. The van der Waals surface area contributed by atoms with Crippen LogP contribution in [0.2, 0.25) is 5.76 Å². The molecule has 194 valence electrons. The molecule has 0 fully saturated rings. The zero-order chi connectivity index (χ0) is 25.7. The van der Waals surface area contributed by atoms with Crippen molar-refractivity contribution in [2.24, 2.45) is 0 Å². The molecule has 0 heterocycles. The Morgan fingerprint density at radius 3 is 1.11 bits per heavy atom. The molecular weight excluding hydrogens is 694 g/mol. The van der Waals surface area contributed by atoms with E-state index in [4.69, 9.17) is 0 Å². The zero-order valence-electron chi connectivity index (χ0n) is 24.3. The number of aryl methyl sites for hydroxylation is 2. The summed E-state index contributed by atoms with van der Waals surface area (Å²) in [5.74, 6) is 2.43. The summed E-state index contributed by atoms with van der Waals surface area (Å²) < 4.78 is 1.64. The van der Waals surface area contributed by atoms with Crippen LogP contribution in [0.15, 0.2) is 42.5 Å². The Balaban J connectivity index is 0. The predicted molar refractivity (Wildman–Crippen MR) is 148 cm³/mol. The number of rotatable bonds is 1. The fourth-order valence-corrected chi connectivity index (χ4v) is 8.67. The van der Waals surface area contributed by atoms with Gasteiger partial charge in [0.25, 0.3) is 0 Å². The van der Waals surface area contributed by atoms with Gasteiger partial charge in [-0.3, -0.25) is 0 Å². The smallest absolute Gasteiger partial charge is 1.00 e. The van der Waals surface area contributed by atoms with Crippen LogP contribution in [0.5, 0.6) is 0 Å². The number of hydrogen-bond acceptors (Lipinski definition) is 0. The fraction of sp³-hybridized carbons (Fsp3) is 0.484. The molecule has 0 amide bonds. The summed E-state index contributed by atoms with van der Waals surface area (Å²) in [6, 6.07) is 15.6. The van der Waals surface area contributed by atoms with Gasteiger partial charge in [-0.05, 0) is 0 Å². The van der Waals surface area contributed by atoms with Gasteiger partial charge in [-0.25, -0.2) is 12.1 Å².